The van der Waals surface area contributed by atoms with Crippen LogP contribution in [-0.2, 0) is 0 Å². The Hall–Kier alpha value is -3.26. The number of carbonyl (C=O) groups excluding carboxylic acids is 1. The molecule has 1 N–H and O–H groups in total. The van der Waals surface area contributed by atoms with Gasteiger partial charge >= 0.3 is 0 Å². The smallest absolute Gasteiger partial charge is 0.280 e. The van der Waals surface area contributed by atoms with E-state index in [2.05, 4.69) is 40.2 Å². The molecule has 0 aliphatic carbocycles. The number of fused-ring (bicyclic) bond motifs is 2. The Morgan fingerprint density at radius 3 is 2.61 bits per heavy atom. The number of anilines is 1. The molecule has 4 heterocycles. The number of hydrogen-bond acceptors (Lipinski definition) is 5. The van der Waals surface area contributed by atoms with Crippen LogP contribution in [0.1, 0.15) is 35.6 Å². The summed E-state index contributed by atoms with van der Waals surface area (Å²) in [5, 5.41) is 8.95. The maximum absolute atomic E-state index is 14.5. The number of nitrogens with zero attached hydrogens (tertiary/aromatic N) is 5. The van der Waals surface area contributed by atoms with Crippen molar-refractivity contribution in [3.05, 3.63) is 59.4 Å². The van der Waals surface area contributed by atoms with Crippen LogP contribution in [0, 0.1) is 19.7 Å². The number of piperazine rings is 1. The Morgan fingerprint density at radius 1 is 1.13 bits per heavy atom. The second kappa shape index (κ2) is 7.16. The van der Waals surface area contributed by atoms with Crippen molar-refractivity contribution in [3.8, 4) is 0 Å². The number of nitrogens with one attached hydrogen (secondary N) is 1. The van der Waals surface area contributed by atoms with Gasteiger partial charge in [-0.2, -0.15) is 9.78 Å². The first-order valence-electron chi connectivity index (χ1n) is 10.5. The first kappa shape index (κ1) is 19.7. The van der Waals surface area contributed by atoms with Gasteiger partial charge in [0.15, 0.2) is 11.5 Å². The molecule has 0 spiro atoms. The highest BCUT2D eigenvalue weighted by Gasteiger charge is 2.23. The molecule has 5 rings (SSSR count). The van der Waals surface area contributed by atoms with Crippen molar-refractivity contribution in [1.82, 2.24) is 24.5 Å². The van der Waals surface area contributed by atoms with Gasteiger partial charge in [0.2, 0.25) is 0 Å². The fraction of sp³-hybridized carbons (Fsp3) is 0.348. The van der Waals surface area contributed by atoms with Gasteiger partial charge in [-0.05, 0) is 52.0 Å². The van der Waals surface area contributed by atoms with Crippen LogP contribution in [0.15, 0.2) is 36.7 Å². The molecule has 1 fully saturated rings. The van der Waals surface area contributed by atoms with Crippen LogP contribution < -0.4 is 10.2 Å². The summed E-state index contributed by atoms with van der Waals surface area (Å²) in [6, 6.07) is 8.08. The summed E-state index contributed by atoms with van der Waals surface area (Å²) in [5.41, 5.74) is 3.71. The lowest BCUT2D eigenvalue weighted by Gasteiger charge is -2.37. The lowest BCUT2D eigenvalue weighted by atomic mass is 10.1. The van der Waals surface area contributed by atoms with Crippen LogP contribution >= 0.6 is 0 Å². The van der Waals surface area contributed by atoms with Crippen LogP contribution in [-0.4, -0.2) is 50.2 Å². The third-order valence-corrected chi connectivity index (χ3v) is 5.84. The molecule has 0 bridgehead atoms. The number of benzene rings is 1. The van der Waals surface area contributed by atoms with Crippen LogP contribution in [0.4, 0.5) is 10.1 Å². The van der Waals surface area contributed by atoms with Gasteiger partial charge in [0.05, 0.1) is 22.5 Å². The van der Waals surface area contributed by atoms with Crippen molar-refractivity contribution in [2.24, 2.45) is 0 Å². The van der Waals surface area contributed by atoms with E-state index in [0.29, 0.717) is 23.3 Å². The van der Waals surface area contributed by atoms with Crippen molar-refractivity contribution in [1.29, 1.82) is 0 Å². The topological polar surface area (TPSA) is 67.5 Å². The molecule has 4 aromatic rings. The molecular weight excluding hydrogens is 395 g/mol. The van der Waals surface area contributed by atoms with Gasteiger partial charge in [0.25, 0.3) is 5.91 Å². The average Bonchev–Trinajstić information content (AvgIpc) is 3.26. The van der Waals surface area contributed by atoms with E-state index < -0.39 is 5.82 Å². The molecule has 31 heavy (non-hydrogen) atoms. The lowest BCUT2D eigenvalue weighted by Crippen LogP contribution is -2.54. The number of aromatic nitrogens is 4. The van der Waals surface area contributed by atoms with Gasteiger partial charge in [-0.15, -0.1) is 0 Å². The summed E-state index contributed by atoms with van der Waals surface area (Å²) in [6.07, 6.45) is 3.30. The van der Waals surface area contributed by atoms with Crippen LogP contribution in [0.25, 0.3) is 16.6 Å². The lowest BCUT2D eigenvalue weighted by molar-refractivity contribution is 0.0949. The molecule has 7 nitrogen and oxygen atoms in total. The zero-order valence-electron chi connectivity index (χ0n) is 18.1. The fourth-order valence-electron chi connectivity index (χ4n) is 4.56. The highest BCUT2D eigenvalue weighted by molar-refractivity contribution is 6.02. The Balaban J connectivity index is 1.54. The highest BCUT2D eigenvalue weighted by Crippen LogP contribution is 2.27. The molecule has 0 amide bonds. The summed E-state index contributed by atoms with van der Waals surface area (Å²) in [5.74, 6) is -0.904. The molecular formula is C23H25FN6O. The molecule has 3 aromatic heterocycles. The van der Waals surface area contributed by atoms with E-state index >= 15 is 0 Å². The largest absolute Gasteiger partial charge is 0.368 e. The van der Waals surface area contributed by atoms with Crippen molar-refractivity contribution in [2.75, 3.05) is 18.0 Å². The zero-order valence-corrected chi connectivity index (χ0v) is 18.1. The molecule has 2 atom stereocenters. The fourth-order valence-corrected chi connectivity index (χ4v) is 4.56. The van der Waals surface area contributed by atoms with E-state index in [-0.39, 0.29) is 17.1 Å². The third-order valence-electron chi connectivity index (χ3n) is 5.84. The van der Waals surface area contributed by atoms with Crippen LogP contribution in [0.3, 0.4) is 0 Å². The number of halogens is 1. The predicted molar refractivity (Wildman–Crippen MR) is 118 cm³/mol. The quantitative estimate of drug-likeness (QED) is 0.539. The van der Waals surface area contributed by atoms with Gasteiger partial charge in [-0.1, -0.05) is 0 Å². The Labute approximate surface area is 179 Å². The van der Waals surface area contributed by atoms with E-state index in [1.807, 2.05) is 19.1 Å². The maximum atomic E-state index is 14.5. The molecule has 0 saturated carbocycles. The third kappa shape index (κ3) is 3.37. The Morgan fingerprint density at radius 2 is 1.87 bits per heavy atom. The van der Waals surface area contributed by atoms with Crippen molar-refractivity contribution in [2.45, 2.75) is 39.8 Å². The van der Waals surface area contributed by atoms with E-state index in [1.165, 1.54) is 10.7 Å². The van der Waals surface area contributed by atoms with Gasteiger partial charge < -0.3 is 14.6 Å². The van der Waals surface area contributed by atoms with E-state index in [9.17, 15) is 9.18 Å². The predicted octanol–water partition coefficient (Wildman–Crippen LogP) is 3.32. The highest BCUT2D eigenvalue weighted by atomic mass is 19.1. The first-order valence-corrected chi connectivity index (χ1v) is 10.5. The minimum atomic E-state index is -0.531. The number of carbonyl (C=O) groups is 1. The van der Waals surface area contributed by atoms with Crippen molar-refractivity contribution < 1.29 is 9.18 Å². The van der Waals surface area contributed by atoms with Crippen LogP contribution in [0.2, 0.25) is 0 Å². The molecule has 0 unspecified atom stereocenters. The molecule has 8 heteroatoms. The van der Waals surface area contributed by atoms with Gasteiger partial charge in [-0.3, -0.25) is 4.79 Å². The molecule has 1 aromatic carbocycles. The monoisotopic (exact) mass is 420 g/mol. The molecule has 1 aliphatic rings. The summed E-state index contributed by atoms with van der Waals surface area (Å²) in [4.78, 5) is 19.7. The number of rotatable bonds is 2. The van der Waals surface area contributed by atoms with Gasteiger partial charge in [0.1, 0.15) is 0 Å². The number of imidazole rings is 1. The summed E-state index contributed by atoms with van der Waals surface area (Å²) in [6.45, 7) is 9.89. The SMILES string of the molecule is Cc1cn2cc(C(=O)n3nc(C)c4cc(N5C[C@H](C)N[C@@H](C)C5)ccc43)cc(F)c2n1. The second-order valence-electron chi connectivity index (χ2n) is 8.57. The van der Waals surface area contributed by atoms with E-state index in [1.54, 1.807) is 23.7 Å². The van der Waals surface area contributed by atoms with Gasteiger partial charge in [-0.25, -0.2) is 9.37 Å². The van der Waals surface area contributed by atoms with E-state index in [0.717, 1.165) is 29.9 Å². The van der Waals surface area contributed by atoms with Crippen molar-refractivity contribution >= 4 is 28.1 Å². The van der Waals surface area contributed by atoms with Crippen molar-refractivity contribution in [3.63, 3.8) is 0 Å². The maximum Gasteiger partial charge on any atom is 0.280 e. The molecule has 160 valence electrons. The number of hydrogen-bond donors (Lipinski definition) is 1. The molecule has 1 saturated heterocycles. The second-order valence-corrected chi connectivity index (χ2v) is 8.57. The standard InChI is InChI=1S/C23H25FN6O/c1-13-9-28(10-14(2)25-13)18-5-6-21-19(8-18)16(4)27-30(21)23(31)17-7-20(24)22-26-15(3)11-29(22)12-17/h5-8,11-14,25H,9-10H2,1-4H3/t13-,14-/m0/s1. The molecule has 1 aliphatic heterocycles. The minimum Gasteiger partial charge on any atom is -0.368 e. The number of pyridine rings is 1. The number of aryl methyl sites for hydroxylation is 2. The Bertz CT molecular complexity index is 1310. The summed E-state index contributed by atoms with van der Waals surface area (Å²) in [7, 11) is 0. The van der Waals surface area contributed by atoms with Crippen LogP contribution in [0.5, 0.6) is 0 Å². The summed E-state index contributed by atoms with van der Waals surface area (Å²) < 4.78 is 17.4. The summed E-state index contributed by atoms with van der Waals surface area (Å²) >= 11 is 0. The molecule has 0 radical (unpaired) electrons. The van der Waals surface area contributed by atoms with Gasteiger partial charge in [0, 0.05) is 48.6 Å². The van der Waals surface area contributed by atoms with E-state index in [4.69, 9.17) is 0 Å². The Kier molecular flexibility index (Phi) is 4.55. The first-order chi connectivity index (χ1) is 14.8. The normalized spacial score (nSPS) is 19.5. The minimum absolute atomic E-state index is 0.208. The average molecular weight is 420 g/mol. The zero-order chi connectivity index (χ0) is 21.9.